The zero-order valence-electron chi connectivity index (χ0n) is 12.4. The van der Waals surface area contributed by atoms with E-state index in [1.54, 1.807) is 14.2 Å². The summed E-state index contributed by atoms with van der Waals surface area (Å²) in [6.45, 7) is 4.72. The molecule has 1 atom stereocenters. The molecule has 112 valence electrons. The van der Waals surface area contributed by atoms with Crippen molar-refractivity contribution in [2.24, 2.45) is 0 Å². The van der Waals surface area contributed by atoms with Crippen molar-refractivity contribution in [3.63, 3.8) is 0 Å². The maximum absolute atomic E-state index is 12.0. The van der Waals surface area contributed by atoms with Crippen molar-refractivity contribution < 1.29 is 14.3 Å². The molecule has 5 heteroatoms. The number of rotatable bonds is 9. The first-order valence-corrected chi connectivity index (χ1v) is 6.80. The molecule has 0 spiro atoms. The van der Waals surface area contributed by atoms with Gasteiger partial charge in [-0.25, -0.2) is 0 Å². The quantitative estimate of drug-likeness (QED) is 0.666. The van der Waals surface area contributed by atoms with Crippen LogP contribution in [0.5, 0.6) is 5.75 Å². The number of methoxy groups -OCH3 is 2. The minimum Gasteiger partial charge on any atom is -0.497 e. The monoisotopic (exact) mass is 280 g/mol. The summed E-state index contributed by atoms with van der Waals surface area (Å²) in [5.41, 5.74) is 0.982. The molecule has 1 rings (SSSR count). The smallest absolute Gasteiger partial charge is 0.227 e. The van der Waals surface area contributed by atoms with Gasteiger partial charge in [-0.3, -0.25) is 4.79 Å². The number of benzene rings is 1. The van der Waals surface area contributed by atoms with Crippen molar-refractivity contribution in [3.05, 3.63) is 29.8 Å². The van der Waals surface area contributed by atoms with E-state index in [0.717, 1.165) is 24.4 Å². The molecule has 0 aliphatic carbocycles. The van der Waals surface area contributed by atoms with Gasteiger partial charge in [-0.2, -0.15) is 0 Å². The van der Waals surface area contributed by atoms with Gasteiger partial charge in [0.25, 0.3) is 0 Å². The number of hydrogen-bond donors (Lipinski definition) is 2. The van der Waals surface area contributed by atoms with Gasteiger partial charge in [0.15, 0.2) is 0 Å². The van der Waals surface area contributed by atoms with E-state index >= 15 is 0 Å². The maximum atomic E-state index is 12.0. The van der Waals surface area contributed by atoms with Crippen LogP contribution in [-0.4, -0.2) is 46.4 Å². The van der Waals surface area contributed by atoms with Crippen LogP contribution in [0.15, 0.2) is 24.3 Å². The number of ether oxygens (including phenoxy) is 2. The molecule has 1 aromatic rings. The van der Waals surface area contributed by atoms with E-state index in [-0.39, 0.29) is 11.8 Å². The average molecular weight is 280 g/mol. The van der Waals surface area contributed by atoms with Crippen LogP contribution in [0.1, 0.15) is 18.4 Å². The minimum absolute atomic E-state index is 0.0312. The lowest BCUT2D eigenvalue weighted by molar-refractivity contribution is -0.122. The molecule has 0 radical (unpaired) electrons. The SMILES string of the molecule is COCCNCCNC(=O)C(C)c1ccc(OC)cc1. The highest BCUT2D eigenvalue weighted by Crippen LogP contribution is 2.18. The van der Waals surface area contributed by atoms with E-state index in [1.807, 2.05) is 31.2 Å². The van der Waals surface area contributed by atoms with Gasteiger partial charge in [0.05, 0.1) is 19.6 Å². The first-order valence-electron chi connectivity index (χ1n) is 6.80. The Hall–Kier alpha value is -1.59. The highest BCUT2D eigenvalue weighted by atomic mass is 16.5. The third-order valence-corrected chi connectivity index (χ3v) is 3.09. The van der Waals surface area contributed by atoms with Crippen LogP contribution in [0, 0.1) is 0 Å². The molecule has 0 heterocycles. The standard InChI is InChI=1S/C15H24N2O3/c1-12(13-4-6-14(20-3)7-5-13)15(18)17-9-8-16-10-11-19-2/h4-7,12,16H,8-11H2,1-3H3,(H,17,18). The molecule has 0 saturated heterocycles. The van der Waals surface area contributed by atoms with Crippen LogP contribution in [0.4, 0.5) is 0 Å². The zero-order valence-corrected chi connectivity index (χ0v) is 12.4. The Balaban J connectivity index is 2.31. The van der Waals surface area contributed by atoms with Gasteiger partial charge in [0, 0.05) is 26.7 Å². The van der Waals surface area contributed by atoms with Crippen LogP contribution in [0.2, 0.25) is 0 Å². The molecule has 0 bridgehead atoms. The minimum atomic E-state index is -0.167. The molecule has 1 unspecified atom stereocenters. The van der Waals surface area contributed by atoms with Crippen molar-refractivity contribution >= 4 is 5.91 Å². The second-order valence-corrected chi connectivity index (χ2v) is 4.53. The van der Waals surface area contributed by atoms with E-state index in [9.17, 15) is 4.79 Å². The molecule has 0 fully saturated rings. The molecule has 1 aromatic carbocycles. The van der Waals surface area contributed by atoms with Crippen molar-refractivity contribution in [3.8, 4) is 5.75 Å². The highest BCUT2D eigenvalue weighted by Gasteiger charge is 2.14. The predicted octanol–water partition coefficient (Wildman–Crippen LogP) is 1.15. The van der Waals surface area contributed by atoms with Crippen molar-refractivity contribution in [1.29, 1.82) is 0 Å². The van der Waals surface area contributed by atoms with Gasteiger partial charge in [0.2, 0.25) is 5.91 Å². The number of nitrogens with one attached hydrogen (secondary N) is 2. The van der Waals surface area contributed by atoms with Crippen LogP contribution in [0.3, 0.4) is 0 Å². The van der Waals surface area contributed by atoms with Crippen LogP contribution >= 0.6 is 0 Å². The van der Waals surface area contributed by atoms with E-state index in [1.165, 1.54) is 0 Å². The van der Waals surface area contributed by atoms with Gasteiger partial charge in [-0.1, -0.05) is 12.1 Å². The van der Waals surface area contributed by atoms with Crippen LogP contribution in [0.25, 0.3) is 0 Å². The molecular weight excluding hydrogens is 256 g/mol. The Bertz CT molecular complexity index is 393. The molecule has 0 aromatic heterocycles. The van der Waals surface area contributed by atoms with Crippen molar-refractivity contribution in [2.45, 2.75) is 12.8 Å². The lowest BCUT2D eigenvalue weighted by Gasteiger charge is -2.13. The summed E-state index contributed by atoms with van der Waals surface area (Å²) in [4.78, 5) is 12.0. The highest BCUT2D eigenvalue weighted by molar-refractivity contribution is 5.83. The van der Waals surface area contributed by atoms with Crippen molar-refractivity contribution in [1.82, 2.24) is 10.6 Å². The normalized spacial score (nSPS) is 11.9. The molecule has 1 amide bonds. The Morgan fingerprint density at radius 2 is 1.85 bits per heavy atom. The summed E-state index contributed by atoms with van der Waals surface area (Å²) < 4.78 is 10.0. The topological polar surface area (TPSA) is 59.6 Å². The van der Waals surface area contributed by atoms with Crippen LogP contribution in [-0.2, 0) is 9.53 Å². The second kappa shape index (κ2) is 9.34. The molecule has 0 saturated carbocycles. The number of carbonyl (C=O) groups is 1. The lowest BCUT2D eigenvalue weighted by Crippen LogP contribution is -2.35. The fourth-order valence-electron chi connectivity index (χ4n) is 1.77. The Morgan fingerprint density at radius 3 is 2.45 bits per heavy atom. The average Bonchev–Trinajstić information content (AvgIpc) is 2.50. The van der Waals surface area contributed by atoms with Gasteiger partial charge in [0.1, 0.15) is 5.75 Å². The number of hydrogen-bond acceptors (Lipinski definition) is 4. The summed E-state index contributed by atoms with van der Waals surface area (Å²) in [5, 5.41) is 6.09. The largest absolute Gasteiger partial charge is 0.497 e. The summed E-state index contributed by atoms with van der Waals surface area (Å²) >= 11 is 0. The summed E-state index contributed by atoms with van der Waals surface area (Å²) in [6, 6.07) is 7.57. The van der Waals surface area contributed by atoms with Gasteiger partial charge in [-0.05, 0) is 24.6 Å². The third-order valence-electron chi connectivity index (χ3n) is 3.09. The first-order chi connectivity index (χ1) is 9.69. The molecule has 5 nitrogen and oxygen atoms in total. The second-order valence-electron chi connectivity index (χ2n) is 4.53. The summed E-state index contributed by atoms with van der Waals surface area (Å²) in [6.07, 6.45) is 0. The van der Waals surface area contributed by atoms with E-state index < -0.39 is 0 Å². The van der Waals surface area contributed by atoms with Crippen molar-refractivity contribution in [2.75, 3.05) is 40.5 Å². The molecule has 0 aliphatic heterocycles. The first kappa shape index (κ1) is 16.5. The summed E-state index contributed by atoms with van der Waals surface area (Å²) in [5.74, 6) is 0.660. The van der Waals surface area contributed by atoms with E-state index in [2.05, 4.69) is 10.6 Å². The van der Waals surface area contributed by atoms with Gasteiger partial charge in [-0.15, -0.1) is 0 Å². The third kappa shape index (κ3) is 5.59. The fourth-order valence-corrected chi connectivity index (χ4v) is 1.77. The number of amides is 1. The van der Waals surface area contributed by atoms with E-state index in [4.69, 9.17) is 9.47 Å². The predicted molar refractivity (Wildman–Crippen MR) is 79.2 cm³/mol. The molecule has 20 heavy (non-hydrogen) atoms. The van der Waals surface area contributed by atoms with Gasteiger partial charge >= 0.3 is 0 Å². The van der Waals surface area contributed by atoms with E-state index in [0.29, 0.717) is 13.2 Å². The zero-order chi connectivity index (χ0) is 14.8. The maximum Gasteiger partial charge on any atom is 0.227 e. The molecule has 2 N–H and O–H groups in total. The fraction of sp³-hybridized carbons (Fsp3) is 0.533. The Kier molecular flexibility index (Phi) is 7.69. The Labute approximate surface area is 120 Å². The molecule has 0 aliphatic rings. The number of carbonyl (C=O) groups excluding carboxylic acids is 1. The Morgan fingerprint density at radius 1 is 1.15 bits per heavy atom. The van der Waals surface area contributed by atoms with Crippen LogP contribution < -0.4 is 15.4 Å². The van der Waals surface area contributed by atoms with Gasteiger partial charge < -0.3 is 20.1 Å². The summed E-state index contributed by atoms with van der Waals surface area (Å²) in [7, 11) is 3.29. The lowest BCUT2D eigenvalue weighted by atomic mass is 10.0. The molecular formula is C15H24N2O3.